The topological polar surface area (TPSA) is 113 Å². The molecule has 0 unspecified atom stereocenters. The molecule has 8 nitrogen and oxygen atoms in total. The molecule has 0 aromatic heterocycles. The zero-order chi connectivity index (χ0) is 18.7. The number of nitrogens with one attached hydrogen (secondary N) is 1. The van der Waals surface area contributed by atoms with Gasteiger partial charge in [0.25, 0.3) is 5.91 Å². The predicted molar refractivity (Wildman–Crippen MR) is 89.8 cm³/mol. The Morgan fingerprint density at radius 1 is 1.20 bits per heavy atom. The normalized spacial score (nSPS) is 16.4. The molecule has 1 heterocycles. The number of amides is 1. The number of hydrogen-bond acceptors (Lipinski definition) is 5. The molecule has 1 aliphatic rings. The summed E-state index contributed by atoms with van der Waals surface area (Å²) in [5.41, 5.74) is -0.822. The van der Waals surface area contributed by atoms with E-state index in [0.717, 1.165) is 0 Å². The molecule has 0 saturated carbocycles. The minimum absolute atomic E-state index is 0.0327. The zero-order valence-electron chi connectivity index (χ0n) is 14.2. The second kappa shape index (κ2) is 7.51. The monoisotopic (exact) mass is 370 g/mol. The second-order valence-corrected chi connectivity index (χ2v) is 8.35. The van der Waals surface area contributed by atoms with Crippen LogP contribution in [0.15, 0.2) is 29.2 Å². The molecule has 1 aromatic rings. The molecule has 0 bridgehead atoms. The van der Waals surface area contributed by atoms with E-state index in [9.17, 15) is 18.0 Å². The largest absolute Gasteiger partial charge is 0.481 e. The van der Waals surface area contributed by atoms with Crippen LogP contribution in [0.1, 0.15) is 24.2 Å². The molecule has 1 aliphatic heterocycles. The summed E-state index contributed by atoms with van der Waals surface area (Å²) in [5, 5.41) is 11.6. The summed E-state index contributed by atoms with van der Waals surface area (Å²) in [6.07, 6.45) is 0. The first-order chi connectivity index (χ1) is 11.6. The van der Waals surface area contributed by atoms with Gasteiger partial charge in [-0.3, -0.25) is 9.59 Å². The Kier molecular flexibility index (Phi) is 5.81. The number of carbonyl (C=O) groups is 2. The Morgan fingerprint density at radius 2 is 1.76 bits per heavy atom. The molecule has 1 saturated heterocycles. The molecule has 25 heavy (non-hydrogen) atoms. The molecule has 0 spiro atoms. The van der Waals surface area contributed by atoms with Gasteiger partial charge in [-0.15, -0.1) is 0 Å². The Morgan fingerprint density at radius 3 is 2.28 bits per heavy atom. The van der Waals surface area contributed by atoms with Gasteiger partial charge in [-0.25, -0.2) is 8.42 Å². The van der Waals surface area contributed by atoms with Crippen molar-refractivity contribution < 1.29 is 27.9 Å². The minimum Gasteiger partial charge on any atom is -0.481 e. The van der Waals surface area contributed by atoms with Gasteiger partial charge < -0.3 is 15.2 Å². The molecular formula is C16H22N2O6S. The highest BCUT2D eigenvalue weighted by molar-refractivity contribution is 7.89. The van der Waals surface area contributed by atoms with Gasteiger partial charge in [-0.05, 0) is 38.1 Å². The van der Waals surface area contributed by atoms with E-state index < -0.39 is 27.3 Å². The van der Waals surface area contributed by atoms with Crippen LogP contribution in [0.3, 0.4) is 0 Å². The molecule has 1 aromatic carbocycles. The third kappa shape index (κ3) is 4.56. The van der Waals surface area contributed by atoms with Gasteiger partial charge >= 0.3 is 5.97 Å². The van der Waals surface area contributed by atoms with Crippen LogP contribution < -0.4 is 5.32 Å². The van der Waals surface area contributed by atoms with Crippen molar-refractivity contribution in [1.82, 2.24) is 9.62 Å². The van der Waals surface area contributed by atoms with Crippen LogP contribution in [0.5, 0.6) is 0 Å². The van der Waals surface area contributed by atoms with Crippen molar-refractivity contribution in [2.45, 2.75) is 18.7 Å². The Hall–Kier alpha value is -1.97. The number of carboxylic acids is 1. The van der Waals surface area contributed by atoms with Gasteiger partial charge in [0.1, 0.15) is 0 Å². The molecule has 1 amide bonds. The van der Waals surface area contributed by atoms with Crippen molar-refractivity contribution in [2.75, 3.05) is 32.8 Å². The van der Waals surface area contributed by atoms with E-state index in [1.54, 1.807) is 0 Å². The fourth-order valence-electron chi connectivity index (χ4n) is 2.19. The number of aliphatic carboxylic acids is 1. The van der Waals surface area contributed by atoms with Crippen molar-refractivity contribution in [3.63, 3.8) is 0 Å². The number of sulfonamides is 1. The smallest absolute Gasteiger partial charge is 0.310 e. The van der Waals surface area contributed by atoms with Crippen LogP contribution in [0, 0.1) is 5.41 Å². The number of carboxylic acid groups (broad SMARTS) is 1. The summed E-state index contributed by atoms with van der Waals surface area (Å²) in [7, 11) is -3.61. The van der Waals surface area contributed by atoms with Crippen molar-refractivity contribution >= 4 is 21.9 Å². The fraction of sp³-hybridized carbons (Fsp3) is 0.500. The summed E-state index contributed by atoms with van der Waals surface area (Å²) < 4.78 is 31.5. The van der Waals surface area contributed by atoms with E-state index in [0.29, 0.717) is 26.3 Å². The highest BCUT2D eigenvalue weighted by atomic mass is 32.2. The first kappa shape index (κ1) is 19.4. The summed E-state index contributed by atoms with van der Waals surface area (Å²) in [6, 6.07) is 5.58. The van der Waals surface area contributed by atoms with Crippen molar-refractivity contribution in [3.8, 4) is 0 Å². The van der Waals surface area contributed by atoms with Crippen molar-refractivity contribution in [1.29, 1.82) is 0 Å². The SMILES string of the molecule is CC(C)(CNC(=O)c1ccc(S(=O)(=O)N2CCOCC2)cc1)C(=O)O. The van der Waals surface area contributed by atoms with E-state index in [1.807, 2.05) is 0 Å². The number of carbonyl (C=O) groups excluding carboxylic acids is 1. The Labute approximate surface area is 146 Å². The number of ether oxygens (including phenoxy) is 1. The average Bonchev–Trinajstić information content (AvgIpc) is 2.60. The summed E-state index contributed by atoms with van der Waals surface area (Å²) in [5.74, 6) is -1.47. The number of morpholine rings is 1. The predicted octanol–water partition coefficient (Wildman–Crippen LogP) is 0.548. The molecule has 9 heteroatoms. The van der Waals surface area contributed by atoms with Crippen LogP contribution in [0.2, 0.25) is 0 Å². The maximum atomic E-state index is 12.5. The first-order valence-corrected chi connectivity index (χ1v) is 9.28. The third-order valence-electron chi connectivity index (χ3n) is 3.99. The number of nitrogens with zero attached hydrogens (tertiary/aromatic N) is 1. The van der Waals surface area contributed by atoms with Gasteiger partial charge in [0.05, 0.1) is 23.5 Å². The van der Waals surface area contributed by atoms with E-state index in [2.05, 4.69) is 5.32 Å². The van der Waals surface area contributed by atoms with E-state index in [4.69, 9.17) is 9.84 Å². The number of rotatable bonds is 6. The van der Waals surface area contributed by atoms with Crippen molar-refractivity contribution in [3.05, 3.63) is 29.8 Å². The van der Waals surface area contributed by atoms with Crippen LogP contribution in [0.4, 0.5) is 0 Å². The Balaban J connectivity index is 2.06. The quantitative estimate of drug-likeness (QED) is 0.756. The van der Waals surface area contributed by atoms with E-state index in [-0.39, 0.29) is 17.0 Å². The Bertz CT molecular complexity index is 736. The molecule has 2 N–H and O–H groups in total. The summed E-state index contributed by atoms with van der Waals surface area (Å²) in [6.45, 7) is 4.30. The standard InChI is InChI=1S/C16H22N2O6S/c1-16(2,15(20)21)11-17-14(19)12-3-5-13(6-4-12)25(22,23)18-7-9-24-10-8-18/h3-6H,7-11H2,1-2H3,(H,17,19)(H,20,21). The molecule has 0 atom stereocenters. The summed E-state index contributed by atoms with van der Waals surface area (Å²) in [4.78, 5) is 23.2. The average molecular weight is 370 g/mol. The number of benzene rings is 1. The lowest BCUT2D eigenvalue weighted by atomic mass is 9.94. The van der Waals surface area contributed by atoms with Gasteiger partial charge in [0.15, 0.2) is 0 Å². The minimum atomic E-state index is -3.61. The van der Waals surface area contributed by atoms with E-state index >= 15 is 0 Å². The fourth-order valence-corrected chi connectivity index (χ4v) is 3.60. The maximum Gasteiger partial charge on any atom is 0.310 e. The lowest BCUT2D eigenvalue weighted by Crippen LogP contribution is -2.40. The van der Waals surface area contributed by atoms with Gasteiger partial charge in [0, 0.05) is 25.2 Å². The number of hydrogen-bond donors (Lipinski definition) is 2. The molecule has 2 rings (SSSR count). The lowest BCUT2D eigenvalue weighted by molar-refractivity contribution is -0.146. The molecule has 0 aliphatic carbocycles. The lowest BCUT2D eigenvalue weighted by Gasteiger charge is -2.26. The van der Waals surface area contributed by atoms with Crippen LogP contribution in [-0.4, -0.2) is 62.6 Å². The van der Waals surface area contributed by atoms with Crippen molar-refractivity contribution in [2.24, 2.45) is 5.41 Å². The second-order valence-electron chi connectivity index (χ2n) is 6.41. The molecule has 1 fully saturated rings. The maximum absolute atomic E-state index is 12.5. The zero-order valence-corrected chi connectivity index (χ0v) is 15.0. The van der Waals surface area contributed by atoms with Crippen LogP contribution in [-0.2, 0) is 19.6 Å². The third-order valence-corrected chi connectivity index (χ3v) is 5.91. The summed E-state index contributed by atoms with van der Waals surface area (Å²) >= 11 is 0. The molecular weight excluding hydrogens is 348 g/mol. The van der Waals surface area contributed by atoms with Gasteiger partial charge in [0.2, 0.25) is 10.0 Å². The van der Waals surface area contributed by atoms with Crippen LogP contribution in [0.25, 0.3) is 0 Å². The van der Waals surface area contributed by atoms with Gasteiger partial charge in [-0.1, -0.05) is 0 Å². The van der Waals surface area contributed by atoms with Crippen LogP contribution >= 0.6 is 0 Å². The van der Waals surface area contributed by atoms with E-state index in [1.165, 1.54) is 42.4 Å². The van der Waals surface area contributed by atoms with Gasteiger partial charge in [-0.2, -0.15) is 4.31 Å². The highest BCUT2D eigenvalue weighted by Gasteiger charge is 2.28. The molecule has 0 radical (unpaired) electrons. The first-order valence-electron chi connectivity index (χ1n) is 7.84. The highest BCUT2D eigenvalue weighted by Crippen LogP contribution is 2.18. The molecule has 138 valence electrons.